The highest BCUT2D eigenvalue weighted by Gasteiger charge is 2.31. The Bertz CT molecular complexity index is 497. The number of nitrogens with zero attached hydrogens (tertiary/aromatic N) is 1. The molecule has 1 saturated heterocycles. The van der Waals surface area contributed by atoms with Gasteiger partial charge in [-0.2, -0.15) is 0 Å². The van der Waals surface area contributed by atoms with Gasteiger partial charge in [-0.25, -0.2) is 4.98 Å². The summed E-state index contributed by atoms with van der Waals surface area (Å²) < 4.78 is 10.7. The summed E-state index contributed by atoms with van der Waals surface area (Å²) in [4.78, 5) is 18.0. The van der Waals surface area contributed by atoms with Crippen LogP contribution in [0.25, 0.3) is 0 Å². The molecule has 1 aromatic heterocycles. The molecule has 3 rings (SSSR count). The molecule has 0 spiro atoms. The summed E-state index contributed by atoms with van der Waals surface area (Å²) in [6, 6.07) is 0.340. The normalized spacial score (nSPS) is 25.2. The van der Waals surface area contributed by atoms with Gasteiger partial charge in [-0.1, -0.05) is 0 Å². The summed E-state index contributed by atoms with van der Waals surface area (Å²) >= 11 is 1.68. The first-order chi connectivity index (χ1) is 10.3. The van der Waals surface area contributed by atoms with E-state index in [1.54, 1.807) is 11.3 Å². The van der Waals surface area contributed by atoms with Gasteiger partial charge in [0.25, 0.3) is 0 Å². The minimum absolute atomic E-state index is 0.128. The number of aryl methyl sites for hydroxylation is 1. The lowest BCUT2D eigenvalue weighted by Gasteiger charge is -2.22. The number of nitrogens with one attached hydrogen (secondary N) is 1. The third-order valence-corrected chi connectivity index (χ3v) is 5.08. The second kappa shape index (κ2) is 6.75. The van der Waals surface area contributed by atoms with Crippen LogP contribution in [0.2, 0.25) is 0 Å². The van der Waals surface area contributed by atoms with E-state index in [1.165, 1.54) is 4.88 Å². The maximum Gasteiger partial charge on any atom is 0.315 e. The molecule has 1 aliphatic heterocycles. The lowest BCUT2D eigenvalue weighted by molar-refractivity contribution is -0.145. The van der Waals surface area contributed by atoms with Crippen LogP contribution in [-0.2, 0) is 20.7 Å². The molecule has 5 nitrogen and oxygen atoms in total. The monoisotopic (exact) mass is 310 g/mol. The number of hydrogen-bond acceptors (Lipinski definition) is 6. The molecular formula is C15H22N2O3S. The summed E-state index contributed by atoms with van der Waals surface area (Å²) in [5, 5.41) is 4.38. The molecule has 2 unspecified atom stereocenters. The van der Waals surface area contributed by atoms with Crippen molar-refractivity contribution in [1.29, 1.82) is 0 Å². The fraction of sp³-hybridized carbons (Fsp3) is 0.733. The standard InChI is InChI=1S/C15H22N2O3S/c1-2-20-14(18)11-6-3-7-12-13(11)17-15(21-12)16-10-5-4-8-19-9-10/h10-11H,2-9H2,1H3,(H,16,17). The fourth-order valence-electron chi connectivity index (χ4n) is 2.98. The molecule has 2 heterocycles. The summed E-state index contributed by atoms with van der Waals surface area (Å²) in [5.74, 6) is -0.306. The van der Waals surface area contributed by atoms with Crippen LogP contribution in [0, 0.1) is 0 Å². The molecule has 0 bridgehead atoms. The van der Waals surface area contributed by atoms with Gasteiger partial charge >= 0.3 is 5.97 Å². The van der Waals surface area contributed by atoms with E-state index >= 15 is 0 Å². The minimum atomic E-state index is -0.178. The van der Waals surface area contributed by atoms with Gasteiger partial charge < -0.3 is 14.8 Å². The first kappa shape index (κ1) is 14.8. The van der Waals surface area contributed by atoms with E-state index in [4.69, 9.17) is 9.47 Å². The van der Waals surface area contributed by atoms with E-state index in [0.717, 1.165) is 56.1 Å². The van der Waals surface area contributed by atoms with Gasteiger partial charge in [0.05, 0.1) is 24.9 Å². The van der Waals surface area contributed by atoms with Gasteiger partial charge in [0, 0.05) is 11.5 Å². The van der Waals surface area contributed by atoms with Crippen molar-refractivity contribution < 1.29 is 14.3 Å². The molecule has 2 aliphatic rings. The highest BCUT2D eigenvalue weighted by atomic mass is 32.1. The van der Waals surface area contributed by atoms with Crippen molar-refractivity contribution in [2.75, 3.05) is 25.1 Å². The summed E-state index contributed by atoms with van der Waals surface area (Å²) in [6.07, 6.45) is 5.11. The Balaban J connectivity index is 1.72. The highest BCUT2D eigenvalue weighted by molar-refractivity contribution is 7.15. The third-order valence-electron chi connectivity index (χ3n) is 4.01. The van der Waals surface area contributed by atoms with Gasteiger partial charge in [0.15, 0.2) is 5.13 Å². The van der Waals surface area contributed by atoms with Gasteiger partial charge in [0.2, 0.25) is 0 Å². The SMILES string of the molecule is CCOC(=O)C1CCCc2sc(NC3CCCOC3)nc21. The Kier molecular flexibility index (Phi) is 4.75. The maximum absolute atomic E-state index is 12.1. The van der Waals surface area contributed by atoms with Crippen molar-refractivity contribution in [3.05, 3.63) is 10.6 Å². The van der Waals surface area contributed by atoms with E-state index in [0.29, 0.717) is 12.6 Å². The Morgan fingerprint density at radius 2 is 2.38 bits per heavy atom. The summed E-state index contributed by atoms with van der Waals surface area (Å²) in [6.45, 7) is 3.88. The average molecular weight is 310 g/mol. The Morgan fingerprint density at radius 3 is 3.14 bits per heavy atom. The molecule has 1 aromatic rings. The predicted molar refractivity (Wildman–Crippen MR) is 81.9 cm³/mol. The average Bonchev–Trinajstić information content (AvgIpc) is 2.90. The van der Waals surface area contributed by atoms with Crippen molar-refractivity contribution in [2.24, 2.45) is 0 Å². The molecular weight excluding hydrogens is 288 g/mol. The zero-order valence-electron chi connectivity index (χ0n) is 12.4. The number of carbonyl (C=O) groups is 1. The van der Waals surface area contributed by atoms with Crippen molar-refractivity contribution in [1.82, 2.24) is 4.98 Å². The Hall–Kier alpha value is -1.14. The lowest BCUT2D eigenvalue weighted by Crippen LogP contribution is -2.29. The van der Waals surface area contributed by atoms with Crippen molar-refractivity contribution in [3.8, 4) is 0 Å². The highest BCUT2D eigenvalue weighted by Crippen LogP contribution is 2.37. The molecule has 21 heavy (non-hydrogen) atoms. The summed E-state index contributed by atoms with van der Waals surface area (Å²) in [5.41, 5.74) is 0.934. The van der Waals surface area contributed by atoms with Crippen LogP contribution in [0.3, 0.4) is 0 Å². The predicted octanol–water partition coefficient (Wildman–Crippen LogP) is 2.72. The van der Waals surface area contributed by atoms with Crippen LogP contribution in [0.1, 0.15) is 49.1 Å². The van der Waals surface area contributed by atoms with E-state index in [2.05, 4.69) is 10.3 Å². The van der Waals surface area contributed by atoms with Crippen molar-refractivity contribution in [3.63, 3.8) is 0 Å². The second-order valence-corrected chi connectivity index (χ2v) is 6.67. The molecule has 0 amide bonds. The van der Waals surface area contributed by atoms with Crippen LogP contribution >= 0.6 is 11.3 Å². The van der Waals surface area contributed by atoms with Gasteiger partial charge in [-0.3, -0.25) is 4.79 Å². The topological polar surface area (TPSA) is 60.5 Å². The van der Waals surface area contributed by atoms with Crippen molar-refractivity contribution >= 4 is 22.4 Å². The Labute approximate surface area is 129 Å². The van der Waals surface area contributed by atoms with Gasteiger partial charge in [-0.15, -0.1) is 11.3 Å². The lowest BCUT2D eigenvalue weighted by atomic mass is 9.91. The smallest absolute Gasteiger partial charge is 0.315 e. The van der Waals surface area contributed by atoms with Crippen LogP contribution < -0.4 is 5.32 Å². The zero-order chi connectivity index (χ0) is 14.7. The molecule has 0 radical (unpaired) electrons. The molecule has 6 heteroatoms. The number of thiazole rings is 1. The molecule has 116 valence electrons. The molecule has 2 atom stereocenters. The fourth-order valence-corrected chi connectivity index (χ4v) is 4.12. The van der Waals surface area contributed by atoms with Crippen LogP contribution in [-0.4, -0.2) is 36.8 Å². The van der Waals surface area contributed by atoms with Crippen LogP contribution in [0.4, 0.5) is 5.13 Å². The summed E-state index contributed by atoms with van der Waals surface area (Å²) in [7, 11) is 0. The maximum atomic E-state index is 12.1. The zero-order valence-corrected chi connectivity index (χ0v) is 13.2. The van der Waals surface area contributed by atoms with E-state index in [9.17, 15) is 4.79 Å². The first-order valence-corrected chi connectivity index (χ1v) is 8.60. The van der Waals surface area contributed by atoms with Crippen LogP contribution in [0.15, 0.2) is 0 Å². The number of carbonyl (C=O) groups excluding carboxylic acids is 1. The quantitative estimate of drug-likeness (QED) is 0.867. The van der Waals surface area contributed by atoms with Gasteiger partial charge in [-0.05, 0) is 39.0 Å². The van der Waals surface area contributed by atoms with Crippen molar-refractivity contribution in [2.45, 2.75) is 51.0 Å². The molecule has 1 aliphatic carbocycles. The van der Waals surface area contributed by atoms with Gasteiger partial charge in [0.1, 0.15) is 5.92 Å². The van der Waals surface area contributed by atoms with E-state index in [-0.39, 0.29) is 11.9 Å². The van der Waals surface area contributed by atoms with E-state index in [1.807, 2.05) is 6.92 Å². The minimum Gasteiger partial charge on any atom is -0.465 e. The third kappa shape index (κ3) is 3.37. The number of aromatic nitrogens is 1. The van der Waals surface area contributed by atoms with Crippen LogP contribution in [0.5, 0.6) is 0 Å². The second-order valence-electron chi connectivity index (χ2n) is 5.58. The number of ether oxygens (including phenoxy) is 2. The molecule has 0 aromatic carbocycles. The molecule has 1 fully saturated rings. The number of rotatable bonds is 4. The Morgan fingerprint density at radius 1 is 1.48 bits per heavy atom. The number of anilines is 1. The number of hydrogen-bond donors (Lipinski definition) is 1. The first-order valence-electron chi connectivity index (χ1n) is 7.78. The van der Waals surface area contributed by atoms with E-state index < -0.39 is 0 Å². The number of fused-ring (bicyclic) bond motifs is 1. The number of esters is 1. The largest absolute Gasteiger partial charge is 0.465 e. The molecule has 1 N–H and O–H groups in total. The molecule has 0 saturated carbocycles.